The Bertz CT molecular complexity index is 638. The molecule has 0 bridgehead atoms. The van der Waals surface area contributed by atoms with E-state index in [0.29, 0.717) is 28.3 Å². The number of hydrogen-bond acceptors (Lipinski definition) is 4. The van der Waals surface area contributed by atoms with Crippen LogP contribution in [0.2, 0.25) is 0 Å². The van der Waals surface area contributed by atoms with Gasteiger partial charge in [-0.2, -0.15) is 0 Å². The lowest BCUT2D eigenvalue weighted by Crippen LogP contribution is -2.05. The molecular formula is C15H14BrNO3. The minimum Gasteiger partial charge on any atom is -0.496 e. The molecule has 0 aromatic heterocycles. The fraction of sp³-hybridized carbons (Fsp3) is 0.133. The van der Waals surface area contributed by atoms with E-state index >= 15 is 0 Å². The number of ether oxygens (including phenoxy) is 2. The fourth-order valence-electron chi connectivity index (χ4n) is 1.83. The number of nitrogens with two attached hydrogens (primary N) is 1. The van der Waals surface area contributed by atoms with Crippen molar-refractivity contribution in [3.8, 4) is 11.5 Å². The summed E-state index contributed by atoms with van der Waals surface area (Å²) >= 11 is 3.36. The van der Waals surface area contributed by atoms with Crippen molar-refractivity contribution in [1.82, 2.24) is 0 Å². The highest BCUT2D eigenvalue weighted by atomic mass is 79.9. The maximum Gasteiger partial charge on any atom is 0.196 e. The van der Waals surface area contributed by atoms with Gasteiger partial charge in [-0.15, -0.1) is 0 Å². The maximum atomic E-state index is 12.5. The molecule has 20 heavy (non-hydrogen) atoms. The van der Waals surface area contributed by atoms with E-state index in [9.17, 15) is 4.79 Å². The Morgan fingerprint density at radius 1 is 1.05 bits per heavy atom. The number of carbonyl (C=O) groups excluding carboxylic acids is 1. The standard InChI is InChI=1S/C15H14BrNO3/c1-19-13-8-12(16)14(20-2)7-11(13)15(18)9-3-5-10(17)6-4-9/h3-8H,17H2,1-2H3. The van der Waals surface area contributed by atoms with Crippen LogP contribution in [0.5, 0.6) is 11.5 Å². The van der Waals surface area contributed by atoms with Gasteiger partial charge in [0.05, 0.1) is 24.3 Å². The van der Waals surface area contributed by atoms with Crippen LogP contribution in [0.1, 0.15) is 15.9 Å². The van der Waals surface area contributed by atoms with Crippen molar-refractivity contribution in [2.45, 2.75) is 0 Å². The Kier molecular flexibility index (Phi) is 4.29. The number of nitrogen functional groups attached to an aromatic ring is 1. The van der Waals surface area contributed by atoms with Crippen molar-refractivity contribution in [2.24, 2.45) is 0 Å². The Hall–Kier alpha value is -2.01. The van der Waals surface area contributed by atoms with Gasteiger partial charge >= 0.3 is 0 Å². The molecule has 0 radical (unpaired) electrons. The van der Waals surface area contributed by atoms with Crippen molar-refractivity contribution in [3.63, 3.8) is 0 Å². The number of rotatable bonds is 4. The largest absolute Gasteiger partial charge is 0.496 e. The molecule has 0 heterocycles. The van der Waals surface area contributed by atoms with E-state index < -0.39 is 0 Å². The number of carbonyl (C=O) groups is 1. The third-order valence-corrected chi connectivity index (χ3v) is 3.51. The molecule has 0 aliphatic heterocycles. The van der Waals surface area contributed by atoms with Gasteiger partial charge in [0, 0.05) is 11.3 Å². The topological polar surface area (TPSA) is 61.5 Å². The second-order valence-corrected chi connectivity index (χ2v) is 4.99. The summed E-state index contributed by atoms with van der Waals surface area (Å²) in [7, 11) is 3.07. The molecule has 0 amide bonds. The predicted molar refractivity (Wildman–Crippen MR) is 81.5 cm³/mol. The summed E-state index contributed by atoms with van der Waals surface area (Å²) in [4.78, 5) is 12.5. The third-order valence-electron chi connectivity index (χ3n) is 2.89. The molecule has 0 spiro atoms. The molecule has 4 nitrogen and oxygen atoms in total. The van der Waals surface area contributed by atoms with E-state index in [1.807, 2.05) is 0 Å². The Morgan fingerprint density at radius 3 is 2.20 bits per heavy atom. The van der Waals surface area contributed by atoms with Crippen LogP contribution in [0.15, 0.2) is 40.9 Å². The smallest absolute Gasteiger partial charge is 0.196 e. The average molecular weight is 336 g/mol. The lowest BCUT2D eigenvalue weighted by Gasteiger charge is -2.11. The number of methoxy groups -OCH3 is 2. The first-order chi connectivity index (χ1) is 9.56. The van der Waals surface area contributed by atoms with Gasteiger partial charge < -0.3 is 15.2 Å². The van der Waals surface area contributed by atoms with Crippen LogP contribution in [0, 0.1) is 0 Å². The molecule has 5 heteroatoms. The Labute approximate surface area is 125 Å². The molecule has 0 unspecified atom stereocenters. The lowest BCUT2D eigenvalue weighted by molar-refractivity contribution is 0.103. The number of hydrogen-bond donors (Lipinski definition) is 1. The van der Waals surface area contributed by atoms with Crippen molar-refractivity contribution in [2.75, 3.05) is 20.0 Å². The predicted octanol–water partition coefficient (Wildman–Crippen LogP) is 3.28. The highest BCUT2D eigenvalue weighted by Gasteiger charge is 2.17. The molecule has 0 saturated carbocycles. The zero-order valence-electron chi connectivity index (χ0n) is 11.1. The van der Waals surface area contributed by atoms with Crippen molar-refractivity contribution in [1.29, 1.82) is 0 Å². The summed E-state index contributed by atoms with van der Waals surface area (Å²) in [5.41, 5.74) is 7.22. The minimum absolute atomic E-state index is 0.146. The van der Waals surface area contributed by atoms with Crippen LogP contribution in [0.25, 0.3) is 0 Å². The molecule has 2 rings (SSSR count). The highest BCUT2D eigenvalue weighted by Crippen LogP contribution is 2.33. The van der Waals surface area contributed by atoms with E-state index in [2.05, 4.69) is 15.9 Å². The molecule has 0 fully saturated rings. The summed E-state index contributed by atoms with van der Waals surface area (Å²) in [6, 6.07) is 10.1. The molecular weight excluding hydrogens is 322 g/mol. The summed E-state index contributed by atoms with van der Waals surface area (Å²) in [6.45, 7) is 0. The quantitative estimate of drug-likeness (QED) is 0.688. The molecule has 0 aliphatic carbocycles. The molecule has 2 aromatic carbocycles. The van der Waals surface area contributed by atoms with Gasteiger partial charge in [0.2, 0.25) is 0 Å². The van der Waals surface area contributed by atoms with E-state index in [1.165, 1.54) is 7.11 Å². The molecule has 2 aromatic rings. The SMILES string of the molecule is COc1cc(C(=O)c2ccc(N)cc2)c(OC)cc1Br. The molecule has 0 atom stereocenters. The summed E-state index contributed by atoms with van der Waals surface area (Å²) in [6.07, 6.45) is 0. The highest BCUT2D eigenvalue weighted by molar-refractivity contribution is 9.10. The maximum absolute atomic E-state index is 12.5. The summed E-state index contributed by atoms with van der Waals surface area (Å²) < 4.78 is 11.2. The lowest BCUT2D eigenvalue weighted by atomic mass is 10.0. The third kappa shape index (κ3) is 2.77. The van der Waals surface area contributed by atoms with Gasteiger partial charge in [-0.05, 0) is 52.3 Å². The zero-order chi connectivity index (χ0) is 14.7. The number of halogens is 1. The van der Waals surface area contributed by atoms with Crippen LogP contribution in [-0.4, -0.2) is 20.0 Å². The number of ketones is 1. The first-order valence-corrected chi connectivity index (χ1v) is 6.68. The van der Waals surface area contributed by atoms with Gasteiger partial charge in [-0.1, -0.05) is 0 Å². The summed E-state index contributed by atoms with van der Waals surface area (Å²) in [5, 5.41) is 0. The van der Waals surface area contributed by atoms with Crippen LogP contribution in [0.4, 0.5) is 5.69 Å². The van der Waals surface area contributed by atoms with Crippen LogP contribution in [-0.2, 0) is 0 Å². The van der Waals surface area contributed by atoms with Crippen molar-refractivity contribution >= 4 is 27.4 Å². The van der Waals surface area contributed by atoms with E-state index in [-0.39, 0.29) is 5.78 Å². The average Bonchev–Trinajstić information content (AvgIpc) is 2.47. The fourth-order valence-corrected chi connectivity index (χ4v) is 2.31. The van der Waals surface area contributed by atoms with Crippen LogP contribution < -0.4 is 15.2 Å². The Morgan fingerprint density at radius 2 is 1.65 bits per heavy atom. The Balaban J connectivity index is 2.50. The minimum atomic E-state index is -0.146. The first-order valence-electron chi connectivity index (χ1n) is 5.88. The van der Waals surface area contributed by atoms with Gasteiger partial charge in [0.25, 0.3) is 0 Å². The van der Waals surface area contributed by atoms with Crippen molar-refractivity contribution in [3.05, 3.63) is 52.0 Å². The normalized spacial score (nSPS) is 10.2. The van der Waals surface area contributed by atoms with Crippen molar-refractivity contribution < 1.29 is 14.3 Å². The molecule has 2 N–H and O–H groups in total. The number of anilines is 1. The second-order valence-electron chi connectivity index (χ2n) is 4.14. The molecule has 104 valence electrons. The van der Waals surface area contributed by atoms with Gasteiger partial charge in [0.15, 0.2) is 5.78 Å². The molecule has 0 saturated heterocycles. The second kappa shape index (κ2) is 5.96. The van der Waals surface area contributed by atoms with E-state index in [4.69, 9.17) is 15.2 Å². The van der Waals surface area contributed by atoms with Gasteiger partial charge in [-0.25, -0.2) is 0 Å². The first kappa shape index (κ1) is 14.4. The van der Waals surface area contributed by atoms with Gasteiger partial charge in [0.1, 0.15) is 11.5 Å². The van der Waals surface area contributed by atoms with E-state index in [0.717, 1.165) is 4.47 Å². The van der Waals surface area contributed by atoms with E-state index in [1.54, 1.807) is 43.5 Å². The van der Waals surface area contributed by atoms with Crippen LogP contribution >= 0.6 is 15.9 Å². The summed E-state index contributed by atoms with van der Waals surface area (Å²) in [5.74, 6) is 0.914. The number of benzene rings is 2. The molecule has 0 aliphatic rings. The monoisotopic (exact) mass is 335 g/mol. The zero-order valence-corrected chi connectivity index (χ0v) is 12.7. The van der Waals surface area contributed by atoms with Gasteiger partial charge in [-0.3, -0.25) is 4.79 Å². The van der Waals surface area contributed by atoms with Crippen LogP contribution in [0.3, 0.4) is 0 Å².